The first-order valence-electron chi connectivity index (χ1n) is 6.77. The second kappa shape index (κ2) is 6.43. The standard InChI is InChI=1S/C17H10Cl2O4S/c18-13-3-1-11(2-4-13)7-8-24(21,22)16-10-12-9-14(19)5-6-15(12)23-17(16)20/h1-10H/b8-7+. The molecule has 0 saturated carbocycles. The van der Waals surface area contributed by atoms with Crippen LogP contribution in [0.25, 0.3) is 17.0 Å². The van der Waals surface area contributed by atoms with Gasteiger partial charge in [0.1, 0.15) is 5.58 Å². The largest absolute Gasteiger partial charge is 0.422 e. The molecule has 0 aliphatic heterocycles. The lowest BCUT2D eigenvalue weighted by Crippen LogP contribution is -2.11. The second-order valence-corrected chi connectivity index (χ2v) is 7.65. The lowest BCUT2D eigenvalue weighted by atomic mass is 10.2. The van der Waals surface area contributed by atoms with Crippen molar-refractivity contribution < 1.29 is 12.8 Å². The Labute approximate surface area is 147 Å². The Kier molecular flexibility index (Phi) is 4.49. The highest BCUT2D eigenvalue weighted by Gasteiger charge is 2.18. The van der Waals surface area contributed by atoms with Gasteiger partial charge >= 0.3 is 5.63 Å². The minimum atomic E-state index is -3.97. The molecule has 122 valence electrons. The summed E-state index contributed by atoms with van der Waals surface area (Å²) in [6.07, 6.45) is 1.38. The van der Waals surface area contributed by atoms with Crippen molar-refractivity contribution in [3.63, 3.8) is 0 Å². The predicted octanol–water partition coefficient (Wildman–Crippen LogP) is 4.54. The molecule has 1 aromatic heterocycles. The molecule has 0 saturated heterocycles. The van der Waals surface area contributed by atoms with Gasteiger partial charge in [0.25, 0.3) is 0 Å². The van der Waals surface area contributed by atoms with Crippen LogP contribution < -0.4 is 5.63 Å². The zero-order chi connectivity index (χ0) is 17.3. The van der Waals surface area contributed by atoms with Crippen molar-refractivity contribution in [2.24, 2.45) is 0 Å². The van der Waals surface area contributed by atoms with Gasteiger partial charge in [-0.1, -0.05) is 35.3 Å². The zero-order valence-corrected chi connectivity index (χ0v) is 14.4. The number of benzene rings is 2. The van der Waals surface area contributed by atoms with Crippen LogP contribution in [0.2, 0.25) is 10.0 Å². The lowest BCUT2D eigenvalue weighted by molar-refractivity contribution is 0.534. The van der Waals surface area contributed by atoms with Crippen molar-refractivity contribution in [1.82, 2.24) is 0 Å². The third kappa shape index (κ3) is 3.53. The summed E-state index contributed by atoms with van der Waals surface area (Å²) in [5, 5.41) is 2.35. The molecule has 4 nitrogen and oxygen atoms in total. The fraction of sp³-hybridized carbons (Fsp3) is 0. The summed E-state index contributed by atoms with van der Waals surface area (Å²) in [6.45, 7) is 0. The van der Waals surface area contributed by atoms with Crippen LogP contribution in [-0.2, 0) is 9.84 Å². The van der Waals surface area contributed by atoms with Crippen molar-refractivity contribution in [3.05, 3.63) is 80.0 Å². The van der Waals surface area contributed by atoms with Crippen LogP contribution in [0.5, 0.6) is 0 Å². The maximum Gasteiger partial charge on any atom is 0.355 e. The van der Waals surface area contributed by atoms with E-state index in [1.54, 1.807) is 30.3 Å². The molecule has 0 aliphatic carbocycles. The monoisotopic (exact) mass is 380 g/mol. The van der Waals surface area contributed by atoms with E-state index in [0.717, 1.165) is 5.41 Å². The molecule has 7 heteroatoms. The van der Waals surface area contributed by atoms with E-state index in [2.05, 4.69) is 0 Å². The molecule has 1 heterocycles. The molecule has 0 radical (unpaired) electrons. The minimum Gasteiger partial charge on any atom is -0.422 e. The number of hydrogen-bond acceptors (Lipinski definition) is 4. The molecule has 0 spiro atoms. The lowest BCUT2D eigenvalue weighted by Gasteiger charge is -2.01. The Balaban J connectivity index is 2.06. The van der Waals surface area contributed by atoms with E-state index in [9.17, 15) is 13.2 Å². The second-order valence-electron chi connectivity index (χ2n) is 4.98. The van der Waals surface area contributed by atoms with Crippen molar-refractivity contribution in [2.45, 2.75) is 4.90 Å². The topological polar surface area (TPSA) is 64.3 Å². The molecule has 0 N–H and O–H groups in total. The van der Waals surface area contributed by atoms with E-state index in [1.807, 2.05) is 0 Å². The van der Waals surface area contributed by atoms with Gasteiger partial charge in [-0.2, -0.15) is 0 Å². The number of fused-ring (bicyclic) bond motifs is 1. The summed E-state index contributed by atoms with van der Waals surface area (Å²) in [5.74, 6) is 0. The van der Waals surface area contributed by atoms with Crippen molar-refractivity contribution in [1.29, 1.82) is 0 Å². The van der Waals surface area contributed by atoms with E-state index in [1.165, 1.54) is 24.3 Å². The van der Waals surface area contributed by atoms with Gasteiger partial charge in [-0.3, -0.25) is 0 Å². The van der Waals surface area contributed by atoms with Gasteiger partial charge in [-0.15, -0.1) is 0 Å². The fourth-order valence-corrected chi connectivity index (χ4v) is 3.44. The molecule has 3 rings (SSSR count). The third-order valence-electron chi connectivity index (χ3n) is 3.28. The third-order valence-corrected chi connectivity index (χ3v) is 5.16. The van der Waals surface area contributed by atoms with Gasteiger partial charge in [-0.05, 0) is 48.0 Å². The Hall–Kier alpha value is -2.08. The molecule has 0 amide bonds. The average Bonchev–Trinajstić information content (AvgIpc) is 2.54. The Morgan fingerprint density at radius 2 is 1.58 bits per heavy atom. The summed E-state index contributed by atoms with van der Waals surface area (Å²) < 4.78 is 29.9. The predicted molar refractivity (Wildman–Crippen MR) is 95.2 cm³/mol. The van der Waals surface area contributed by atoms with Crippen LogP contribution in [-0.4, -0.2) is 8.42 Å². The van der Waals surface area contributed by atoms with Crippen LogP contribution in [0, 0.1) is 0 Å². The molecular weight excluding hydrogens is 371 g/mol. The summed E-state index contributed by atoms with van der Waals surface area (Å²) in [6, 6.07) is 12.5. The van der Waals surface area contributed by atoms with E-state index in [4.69, 9.17) is 27.6 Å². The number of rotatable bonds is 3. The van der Waals surface area contributed by atoms with Gasteiger partial charge in [0, 0.05) is 20.8 Å². The SMILES string of the molecule is O=c1oc2ccc(Cl)cc2cc1S(=O)(=O)/C=C/c1ccc(Cl)cc1. The number of sulfone groups is 1. The first kappa shape index (κ1) is 16.8. The average molecular weight is 381 g/mol. The Morgan fingerprint density at radius 1 is 0.917 bits per heavy atom. The highest BCUT2D eigenvalue weighted by atomic mass is 35.5. The van der Waals surface area contributed by atoms with Crippen LogP contribution in [0.15, 0.2) is 68.0 Å². The maximum atomic E-state index is 12.4. The summed E-state index contributed by atoms with van der Waals surface area (Å²) >= 11 is 11.7. The smallest absolute Gasteiger partial charge is 0.355 e. The molecule has 0 aliphatic rings. The number of hydrogen-bond donors (Lipinski definition) is 0. The zero-order valence-electron chi connectivity index (χ0n) is 12.1. The van der Waals surface area contributed by atoms with Crippen molar-refractivity contribution >= 4 is 50.1 Å². The van der Waals surface area contributed by atoms with Gasteiger partial charge in [0.2, 0.25) is 9.84 Å². The molecule has 0 fully saturated rings. The quantitative estimate of drug-likeness (QED) is 0.625. The van der Waals surface area contributed by atoms with E-state index in [-0.39, 0.29) is 5.58 Å². The molecular formula is C17H10Cl2O4S. The Bertz CT molecular complexity index is 1100. The first-order valence-corrected chi connectivity index (χ1v) is 9.07. The maximum absolute atomic E-state index is 12.4. The summed E-state index contributed by atoms with van der Waals surface area (Å²) in [4.78, 5) is 11.5. The van der Waals surface area contributed by atoms with E-state index >= 15 is 0 Å². The minimum absolute atomic E-state index is 0.269. The van der Waals surface area contributed by atoms with Crippen LogP contribution in [0.4, 0.5) is 0 Å². The summed E-state index contributed by atoms with van der Waals surface area (Å²) in [5.41, 5.74) is -0.0215. The molecule has 0 atom stereocenters. The van der Waals surface area contributed by atoms with Gasteiger partial charge < -0.3 is 4.42 Å². The molecule has 24 heavy (non-hydrogen) atoms. The molecule has 0 bridgehead atoms. The summed E-state index contributed by atoms with van der Waals surface area (Å²) in [7, 11) is -3.97. The highest BCUT2D eigenvalue weighted by molar-refractivity contribution is 7.94. The normalized spacial score (nSPS) is 12.1. The van der Waals surface area contributed by atoms with E-state index in [0.29, 0.717) is 21.0 Å². The van der Waals surface area contributed by atoms with Gasteiger partial charge in [0.15, 0.2) is 4.90 Å². The van der Waals surface area contributed by atoms with E-state index < -0.39 is 20.4 Å². The molecule has 3 aromatic rings. The van der Waals surface area contributed by atoms with Crippen molar-refractivity contribution in [3.8, 4) is 0 Å². The highest BCUT2D eigenvalue weighted by Crippen LogP contribution is 2.21. The molecule has 0 unspecified atom stereocenters. The van der Waals surface area contributed by atoms with Crippen LogP contribution >= 0.6 is 23.2 Å². The Morgan fingerprint density at radius 3 is 2.29 bits per heavy atom. The van der Waals surface area contributed by atoms with Gasteiger partial charge in [-0.25, -0.2) is 13.2 Å². The fourth-order valence-electron chi connectivity index (χ4n) is 2.09. The van der Waals surface area contributed by atoms with Gasteiger partial charge in [0.05, 0.1) is 0 Å². The van der Waals surface area contributed by atoms with Crippen LogP contribution in [0.3, 0.4) is 0 Å². The first-order chi connectivity index (χ1) is 11.3. The van der Waals surface area contributed by atoms with Crippen molar-refractivity contribution in [2.75, 3.05) is 0 Å². The van der Waals surface area contributed by atoms with Crippen LogP contribution in [0.1, 0.15) is 5.56 Å². The number of halogens is 2. The molecule has 2 aromatic carbocycles.